The van der Waals surface area contributed by atoms with Crippen molar-refractivity contribution in [1.29, 1.82) is 0 Å². The lowest BCUT2D eigenvalue weighted by Gasteiger charge is -2.11. The number of nitrogens with zero attached hydrogens (tertiary/aromatic N) is 2. The Kier molecular flexibility index (Phi) is 4.91. The van der Waals surface area contributed by atoms with E-state index in [4.69, 9.17) is 9.52 Å². The van der Waals surface area contributed by atoms with Gasteiger partial charge in [0.15, 0.2) is 0 Å². The number of carbonyl (C=O) groups is 3. The van der Waals surface area contributed by atoms with Gasteiger partial charge in [0.25, 0.3) is 11.1 Å². The summed E-state index contributed by atoms with van der Waals surface area (Å²) in [6, 6.07) is 19.5. The first-order valence-corrected chi connectivity index (χ1v) is 10.6. The van der Waals surface area contributed by atoms with Crippen LogP contribution in [0.4, 0.5) is 10.5 Å². The monoisotopic (exact) mass is 444 g/mol. The number of anilines is 1. The van der Waals surface area contributed by atoms with Crippen LogP contribution in [0.2, 0.25) is 0 Å². The lowest BCUT2D eigenvalue weighted by molar-refractivity contribution is -0.113. The van der Waals surface area contributed by atoms with Gasteiger partial charge in [-0.1, -0.05) is 36.4 Å². The number of hydrogen-bond acceptors (Lipinski definition) is 5. The molecule has 0 atom stereocenters. The topological polar surface area (TPSA) is 92.8 Å². The average Bonchev–Trinajstić information content (AvgIpc) is 3.47. The second kappa shape index (κ2) is 7.90. The molecule has 0 radical (unpaired) electrons. The molecule has 1 N–H and O–H groups in total. The number of thioether (sulfide) groups is 1. The lowest BCUT2D eigenvalue weighted by atomic mass is 10.1. The summed E-state index contributed by atoms with van der Waals surface area (Å²) in [6.45, 7) is 0.327. The standard InChI is InChI=1S/C24H16N2O5S/c27-22-21(32-24(30)26(22)16-6-2-1-3-7-16)12-15-13-25(19-9-5-4-8-18(15)19)14-17-10-11-20(31-17)23(28)29/h1-13H,14H2,(H,28,29)/b21-12-. The Morgan fingerprint density at radius 1 is 1.00 bits per heavy atom. The number of aromatic carboxylic acids is 1. The van der Waals surface area contributed by atoms with Crippen molar-refractivity contribution in [3.63, 3.8) is 0 Å². The molecule has 32 heavy (non-hydrogen) atoms. The van der Waals surface area contributed by atoms with Gasteiger partial charge >= 0.3 is 5.97 Å². The highest BCUT2D eigenvalue weighted by Gasteiger charge is 2.36. The van der Waals surface area contributed by atoms with Crippen LogP contribution in [0.1, 0.15) is 21.9 Å². The summed E-state index contributed by atoms with van der Waals surface area (Å²) in [4.78, 5) is 38.1. The third-order valence-electron chi connectivity index (χ3n) is 5.11. The average molecular weight is 444 g/mol. The van der Waals surface area contributed by atoms with E-state index >= 15 is 0 Å². The second-order valence-corrected chi connectivity index (χ2v) is 8.15. The van der Waals surface area contributed by atoms with E-state index in [2.05, 4.69) is 0 Å². The summed E-state index contributed by atoms with van der Waals surface area (Å²) in [7, 11) is 0. The number of fused-ring (bicyclic) bond motifs is 1. The molecule has 0 unspecified atom stereocenters. The molecule has 7 nitrogen and oxygen atoms in total. The van der Waals surface area contributed by atoms with Gasteiger partial charge in [-0.15, -0.1) is 0 Å². The molecule has 2 amide bonds. The van der Waals surface area contributed by atoms with E-state index in [-0.39, 0.29) is 16.9 Å². The number of carboxylic acids is 1. The van der Waals surface area contributed by atoms with Gasteiger partial charge in [0.05, 0.1) is 17.1 Å². The molecule has 0 aliphatic carbocycles. The fraction of sp³-hybridized carbons (Fsp3) is 0.0417. The van der Waals surface area contributed by atoms with E-state index in [1.165, 1.54) is 11.0 Å². The molecule has 4 aromatic rings. The maximum Gasteiger partial charge on any atom is 0.371 e. The maximum absolute atomic E-state index is 13.0. The van der Waals surface area contributed by atoms with Crippen LogP contribution in [0.15, 0.2) is 82.2 Å². The summed E-state index contributed by atoms with van der Waals surface area (Å²) >= 11 is 0.905. The largest absolute Gasteiger partial charge is 0.475 e. The zero-order chi connectivity index (χ0) is 22.2. The van der Waals surface area contributed by atoms with Crippen molar-refractivity contribution in [3.8, 4) is 0 Å². The van der Waals surface area contributed by atoms with Gasteiger partial charge in [-0.05, 0) is 48.2 Å². The van der Waals surface area contributed by atoms with Gasteiger partial charge in [-0.25, -0.2) is 9.69 Å². The molecule has 158 valence electrons. The molecule has 1 aliphatic rings. The van der Waals surface area contributed by atoms with E-state index in [1.54, 1.807) is 36.4 Å². The molecule has 1 aliphatic heterocycles. The van der Waals surface area contributed by atoms with Crippen LogP contribution >= 0.6 is 11.8 Å². The third kappa shape index (κ3) is 3.50. The molecule has 0 saturated carbocycles. The Morgan fingerprint density at radius 3 is 2.50 bits per heavy atom. The smallest absolute Gasteiger partial charge is 0.371 e. The number of furan rings is 1. The SMILES string of the molecule is O=C(O)c1ccc(Cn2cc(/C=C3\SC(=O)N(c4ccccc4)C3=O)c3ccccc32)o1. The van der Waals surface area contributed by atoms with Crippen LogP contribution in [-0.2, 0) is 11.3 Å². The molecule has 2 aromatic heterocycles. The molecule has 2 aromatic carbocycles. The first-order valence-electron chi connectivity index (χ1n) is 9.74. The molecular formula is C24H16N2O5S. The maximum atomic E-state index is 13.0. The van der Waals surface area contributed by atoms with Gasteiger partial charge in [-0.2, -0.15) is 0 Å². The van der Waals surface area contributed by atoms with Crippen LogP contribution < -0.4 is 4.90 Å². The molecular weight excluding hydrogens is 428 g/mol. The van der Waals surface area contributed by atoms with Crippen LogP contribution in [-0.4, -0.2) is 26.8 Å². The minimum atomic E-state index is -1.12. The molecule has 1 saturated heterocycles. The van der Waals surface area contributed by atoms with Crippen molar-refractivity contribution in [2.45, 2.75) is 6.54 Å². The number of para-hydroxylation sites is 2. The number of imide groups is 1. The molecule has 8 heteroatoms. The number of carboxylic acid groups (broad SMARTS) is 1. The number of amides is 2. The van der Waals surface area contributed by atoms with Crippen molar-refractivity contribution in [2.75, 3.05) is 4.90 Å². The Morgan fingerprint density at radius 2 is 1.75 bits per heavy atom. The molecule has 3 heterocycles. The fourth-order valence-corrected chi connectivity index (χ4v) is 4.51. The summed E-state index contributed by atoms with van der Waals surface area (Å²) in [5.74, 6) is -1.10. The van der Waals surface area contributed by atoms with E-state index in [9.17, 15) is 14.4 Å². The zero-order valence-corrected chi connectivity index (χ0v) is 17.4. The molecule has 5 rings (SSSR count). The van der Waals surface area contributed by atoms with Gasteiger partial charge in [0.1, 0.15) is 5.76 Å². The number of aromatic nitrogens is 1. The van der Waals surface area contributed by atoms with Crippen LogP contribution in [0.25, 0.3) is 17.0 Å². The normalized spacial score (nSPS) is 15.2. The highest BCUT2D eigenvalue weighted by Crippen LogP contribution is 2.37. The number of benzene rings is 2. The van der Waals surface area contributed by atoms with Crippen LogP contribution in [0.5, 0.6) is 0 Å². The van der Waals surface area contributed by atoms with Gasteiger partial charge in [0, 0.05) is 22.7 Å². The lowest BCUT2D eigenvalue weighted by Crippen LogP contribution is -2.27. The number of rotatable bonds is 5. The summed E-state index contributed by atoms with van der Waals surface area (Å²) in [6.07, 6.45) is 3.58. The zero-order valence-electron chi connectivity index (χ0n) is 16.6. The van der Waals surface area contributed by atoms with Crippen LogP contribution in [0.3, 0.4) is 0 Å². The van der Waals surface area contributed by atoms with Crippen molar-refractivity contribution >= 4 is 51.5 Å². The summed E-state index contributed by atoms with van der Waals surface area (Å²) in [5.41, 5.74) is 2.21. The third-order valence-corrected chi connectivity index (χ3v) is 5.98. The molecule has 0 spiro atoms. The second-order valence-electron chi connectivity index (χ2n) is 7.15. The fourth-order valence-electron chi connectivity index (χ4n) is 3.68. The van der Waals surface area contributed by atoms with Crippen molar-refractivity contribution in [2.24, 2.45) is 0 Å². The predicted molar refractivity (Wildman–Crippen MR) is 122 cm³/mol. The first kappa shape index (κ1) is 19.9. The summed E-state index contributed by atoms with van der Waals surface area (Å²) in [5, 5.41) is 9.64. The summed E-state index contributed by atoms with van der Waals surface area (Å²) < 4.78 is 7.31. The van der Waals surface area contributed by atoms with E-state index in [0.29, 0.717) is 22.9 Å². The highest BCUT2D eigenvalue weighted by molar-refractivity contribution is 8.19. The van der Waals surface area contributed by atoms with Crippen molar-refractivity contribution in [3.05, 3.63) is 94.9 Å². The highest BCUT2D eigenvalue weighted by atomic mass is 32.2. The minimum Gasteiger partial charge on any atom is -0.475 e. The Balaban J connectivity index is 1.51. The minimum absolute atomic E-state index is 0.119. The van der Waals surface area contributed by atoms with E-state index < -0.39 is 5.97 Å². The number of hydrogen-bond donors (Lipinski definition) is 1. The Hall–Kier alpha value is -4.04. The van der Waals surface area contributed by atoms with Crippen molar-refractivity contribution < 1.29 is 23.9 Å². The van der Waals surface area contributed by atoms with Gasteiger partial charge < -0.3 is 14.1 Å². The first-order chi connectivity index (χ1) is 15.5. The van der Waals surface area contributed by atoms with Crippen molar-refractivity contribution in [1.82, 2.24) is 4.57 Å². The quantitative estimate of drug-likeness (QED) is 0.424. The Labute approximate surface area is 186 Å². The van der Waals surface area contributed by atoms with E-state index in [1.807, 2.05) is 41.1 Å². The predicted octanol–water partition coefficient (Wildman–Crippen LogP) is 5.22. The van der Waals surface area contributed by atoms with E-state index in [0.717, 1.165) is 28.2 Å². The van der Waals surface area contributed by atoms with Gasteiger partial charge in [-0.3, -0.25) is 9.59 Å². The Bertz CT molecular complexity index is 1400. The molecule has 0 bridgehead atoms. The van der Waals surface area contributed by atoms with Gasteiger partial charge in [0.2, 0.25) is 5.76 Å². The molecule has 1 fully saturated rings. The number of carbonyl (C=O) groups excluding carboxylic acids is 2. The van der Waals surface area contributed by atoms with Crippen LogP contribution in [0, 0.1) is 0 Å².